The van der Waals surface area contributed by atoms with Crippen LogP contribution >= 0.6 is 0 Å². The predicted molar refractivity (Wildman–Crippen MR) is 229 cm³/mol. The molecular formula is C52H37N3. The van der Waals surface area contributed by atoms with Gasteiger partial charge in [-0.25, -0.2) is 9.98 Å². The van der Waals surface area contributed by atoms with Gasteiger partial charge in [0.15, 0.2) is 5.84 Å². The van der Waals surface area contributed by atoms with Crippen molar-refractivity contribution < 1.29 is 0 Å². The molecular weight excluding hydrogens is 667 g/mol. The predicted octanol–water partition coefficient (Wildman–Crippen LogP) is 12.3. The van der Waals surface area contributed by atoms with Gasteiger partial charge in [0.1, 0.15) is 6.67 Å². The summed E-state index contributed by atoms with van der Waals surface area (Å²) >= 11 is 0. The molecule has 1 aliphatic carbocycles. The normalized spacial score (nSPS) is 13.3. The molecule has 0 bridgehead atoms. The van der Waals surface area contributed by atoms with E-state index in [2.05, 4.69) is 174 Å². The number of para-hydroxylation sites is 1. The van der Waals surface area contributed by atoms with Crippen molar-refractivity contribution in [3.05, 3.63) is 240 Å². The summed E-state index contributed by atoms with van der Waals surface area (Å²) in [5.41, 5.74) is 13.8. The van der Waals surface area contributed by atoms with Gasteiger partial charge in [-0.3, -0.25) is 0 Å². The second-order valence-electron chi connectivity index (χ2n) is 14.1. The standard InChI is InChI=1S/C52H37N3/c1-6-18-37(19-7-1)35-53-51(39-22-10-3-11-23-39)54-36-55-49-29-17-16-28-44(49)46-33-48-45(34-50(46)55)43-31-30-40(38-20-8-2-9-21-38)32-47(43)52(48,41-24-12-4-13-25-41)42-26-14-5-15-27-42/h1-35H,36H2. The van der Waals surface area contributed by atoms with Crippen molar-refractivity contribution in [2.75, 3.05) is 0 Å². The molecule has 9 aromatic rings. The van der Waals surface area contributed by atoms with Crippen molar-refractivity contribution in [2.24, 2.45) is 9.98 Å². The lowest BCUT2D eigenvalue weighted by atomic mass is 9.67. The number of benzene rings is 8. The summed E-state index contributed by atoms with van der Waals surface area (Å²) in [6.07, 6.45) is 1.90. The summed E-state index contributed by atoms with van der Waals surface area (Å²) in [7, 11) is 0. The Balaban J connectivity index is 1.22. The van der Waals surface area contributed by atoms with E-state index in [9.17, 15) is 0 Å². The SMILES string of the molecule is C(=NC(=NCn1c2ccccc2c2cc3c(cc21)-c1ccc(-c2ccccc2)cc1C3(c1ccccc1)c1ccccc1)c1ccccc1)c1ccccc1. The highest BCUT2D eigenvalue weighted by Crippen LogP contribution is 2.58. The van der Waals surface area contributed by atoms with Gasteiger partial charge < -0.3 is 4.57 Å². The number of hydrogen-bond donors (Lipinski definition) is 0. The average molecular weight is 704 g/mol. The molecule has 55 heavy (non-hydrogen) atoms. The summed E-state index contributed by atoms with van der Waals surface area (Å²) in [6.45, 7) is 0.418. The lowest BCUT2D eigenvalue weighted by molar-refractivity contribution is 0.769. The first-order valence-corrected chi connectivity index (χ1v) is 18.8. The van der Waals surface area contributed by atoms with Crippen LogP contribution in [0.1, 0.15) is 33.4 Å². The summed E-state index contributed by atoms with van der Waals surface area (Å²) in [5.74, 6) is 0.697. The molecule has 0 fully saturated rings. The van der Waals surface area contributed by atoms with Crippen LogP contribution in [0.25, 0.3) is 44.1 Å². The number of rotatable bonds is 7. The van der Waals surface area contributed by atoms with Gasteiger partial charge in [0, 0.05) is 22.6 Å². The first kappa shape index (κ1) is 32.5. The van der Waals surface area contributed by atoms with Crippen LogP contribution in [0, 0.1) is 0 Å². The molecule has 1 aliphatic rings. The van der Waals surface area contributed by atoms with Crippen LogP contribution in [0.15, 0.2) is 216 Å². The lowest BCUT2D eigenvalue weighted by Crippen LogP contribution is -2.28. The molecule has 3 nitrogen and oxygen atoms in total. The van der Waals surface area contributed by atoms with E-state index in [1.165, 1.54) is 55.3 Å². The van der Waals surface area contributed by atoms with Crippen molar-refractivity contribution in [3.63, 3.8) is 0 Å². The summed E-state index contributed by atoms with van der Waals surface area (Å²) < 4.78 is 2.36. The molecule has 260 valence electrons. The summed E-state index contributed by atoms with van der Waals surface area (Å²) in [6, 6.07) is 74.0. The maximum absolute atomic E-state index is 5.24. The molecule has 0 saturated carbocycles. The Labute approximate surface area is 321 Å². The highest BCUT2D eigenvalue weighted by molar-refractivity contribution is 6.11. The molecule has 0 amide bonds. The Bertz CT molecular complexity index is 2820. The fraction of sp³-hybridized carbons (Fsp3) is 0.0385. The Morgan fingerprint density at radius 3 is 1.75 bits per heavy atom. The Morgan fingerprint density at radius 2 is 1.05 bits per heavy atom. The topological polar surface area (TPSA) is 29.6 Å². The second kappa shape index (κ2) is 13.7. The second-order valence-corrected chi connectivity index (χ2v) is 14.1. The minimum Gasteiger partial charge on any atom is -0.320 e. The third-order valence-electron chi connectivity index (χ3n) is 11.1. The molecule has 0 atom stereocenters. The molecule has 10 rings (SSSR count). The van der Waals surface area contributed by atoms with E-state index in [-0.39, 0.29) is 0 Å². The van der Waals surface area contributed by atoms with E-state index in [1.807, 2.05) is 42.6 Å². The zero-order valence-electron chi connectivity index (χ0n) is 30.3. The molecule has 0 N–H and O–H groups in total. The van der Waals surface area contributed by atoms with Gasteiger partial charge in [0.05, 0.1) is 16.4 Å². The van der Waals surface area contributed by atoms with Crippen molar-refractivity contribution in [3.8, 4) is 22.3 Å². The minimum atomic E-state index is -0.528. The Morgan fingerprint density at radius 1 is 0.473 bits per heavy atom. The Hall–Kier alpha value is -7.10. The molecule has 1 aromatic heterocycles. The van der Waals surface area contributed by atoms with E-state index in [0.717, 1.165) is 22.2 Å². The fourth-order valence-corrected chi connectivity index (χ4v) is 8.60. The molecule has 3 heteroatoms. The number of nitrogens with zero attached hydrogens (tertiary/aromatic N) is 3. The van der Waals surface area contributed by atoms with Crippen LogP contribution in [-0.2, 0) is 12.1 Å². The average Bonchev–Trinajstić information content (AvgIpc) is 3.73. The monoisotopic (exact) mass is 703 g/mol. The van der Waals surface area contributed by atoms with Crippen LogP contribution in [0.2, 0.25) is 0 Å². The van der Waals surface area contributed by atoms with Gasteiger partial charge in [-0.2, -0.15) is 0 Å². The van der Waals surface area contributed by atoms with Crippen molar-refractivity contribution in [2.45, 2.75) is 12.1 Å². The first-order chi connectivity index (χ1) is 27.3. The van der Waals surface area contributed by atoms with Gasteiger partial charge in [0.2, 0.25) is 0 Å². The largest absolute Gasteiger partial charge is 0.320 e. The quantitative estimate of drug-likeness (QED) is 0.117. The zero-order chi connectivity index (χ0) is 36.6. The van der Waals surface area contributed by atoms with Crippen LogP contribution in [0.5, 0.6) is 0 Å². The van der Waals surface area contributed by atoms with E-state index in [4.69, 9.17) is 9.98 Å². The fourth-order valence-electron chi connectivity index (χ4n) is 8.60. The highest BCUT2D eigenvalue weighted by Gasteiger charge is 2.46. The molecule has 0 unspecified atom stereocenters. The summed E-state index contributed by atoms with van der Waals surface area (Å²) in [5, 5.41) is 2.42. The van der Waals surface area contributed by atoms with Gasteiger partial charge in [0.25, 0.3) is 0 Å². The number of fused-ring (bicyclic) bond motifs is 6. The molecule has 8 aromatic carbocycles. The smallest absolute Gasteiger partial charge is 0.156 e. The zero-order valence-corrected chi connectivity index (χ0v) is 30.3. The molecule has 0 aliphatic heterocycles. The van der Waals surface area contributed by atoms with E-state index < -0.39 is 5.41 Å². The van der Waals surface area contributed by atoms with E-state index in [0.29, 0.717) is 12.5 Å². The van der Waals surface area contributed by atoms with Crippen LogP contribution in [0.4, 0.5) is 0 Å². The van der Waals surface area contributed by atoms with Crippen LogP contribution in [-0.4, -0.2) is 16.6 Å². The Kier molecular flexibility index (Phi) is 8.11. The van der Waals surface area contributed by atoms with Gasteiger partial charge >= 0.3 is 0 Å². The number of aromatic nitrogens is 1. The lowest BCUT2D eigenvalue weighted by Gasteiger charge is -2.34. The molecule has 0 spiro atoms. The third kappa shape index (κ3) is 5.52. The molecule has 1 heterocycles. The van der Waals surface area contributed by atoms with Gasteiger partial charge in [-0.05, 0) is 74.3 Å². The van der Waals surface area contributed by atoms with Crippen molar-refractivity contribution in [1.29, 1.82) is 0 Å². The number of amidine groups is 1. The van der Waals surface area contributed by atoms with Gasteiger partial charge in [-0.15, -0.1) is 0 Å². The number of aliphatic imine (C=N–C) groups is 2. The molecule has 0 saturated heterocycles. The van der Waals surface area contributed by atoms with Gasteiger partial charge in [-0.1, -0.05) is 182 Å². The minimum absolute atomic E-state index is 0.418. The van der Waals surface area contributed by atoms with Crippen LogP contribution in [0.3, 0.4) is 0 Å². The molecule has 0 radical (unpaired) electrons. The maximum Gasteiger partial charge on any atom is 0.156 e. The third-order valence-corrected chi connectivity index (χ3v) is 11.1. The first-order valence-electron chi connectivity index (χ1n) is 18.8. The highest BCUT2D eigenvalue weighted by atomic mass is 15.1. The van der Waals surface area contributed by atoms with Crippen LogP contribution < -0.4 is 0 Å². The maximum atomic E-state index is 5.24. The van der Waals surface area contributed by atoms with E-state index in [1.54, 1.807) is 0 Å². The number of hydrogen-bond acceptors (Lipinski definition) is 1. The van der Waals surface area contributed by atoms with Crippen molar-refractivity contribution in [1.82, 2.24) is 4.57 Å². The summed E-state index contributed by atoms with van der Waals surface area (Å²) in [4.78, 5) is 10.2. The van der Waals surface area contributed by atoms with E-state index >= 15 is 0 Å². The van der Waals surface area contributed by atoms with Crippen molar-refractivity contribution >= 4 is 33.9 Å².